The molecule has 0 N–H and O–H groups in total. The summed E-state index contributed by atoms with van der Waals surface area (Å²) in [7, 11) is 0. The van der Waals surface area contributed by atoms with Gasteiger partial charge in [0.15, 0.2) is 0 Å². The molecule has 0 rings (SSSR count). The molecule has 0 aromatic carbocycles. The Balaban J connectivity index is 3.68. The average molecular weight is 229 g/mol. The number of alkyl halides is 3. The zero-order chi connectivity index (χ0) is 8.91. The first kappa shape index (κ1) is 11.3. The predicted molar refractivity (Wildman–Crippen MR) is 47.4 cm³/mol. The number of hydrogen-bond donors (Lipinski definition) is 0. The van der Waals surface area contributed by atoms with Crippen LogP contribution in [0.4, 0.5) is 8.78 Å². The lowest BCUT2D eigenvalue weighted by Crippen LogP contribution is -2.17. The molecule has 68 valence electrons. The summed E-state index contributed by atoms with van der Waals surface area (Å²) in [6.45, 7) is 3.00. The van der Waals surface area contributed by atoms with Crippen LogP contribution in [0.3, 0.4) is 0 Å². The third kappa shape index (κ3) is 6.73. The fraction of sp³-hybridized carbons (Fsp3) is 1.00. The van der Waals surface area contributed by atoms with Crippen molar-refractivity contribution in [1.82, 2.24) is 0 Å². The third-order valence-electron chi connectivity index (χ3n) is 1.56. The first-order chi connectivity index (χ1) is 4.99. The molecule has 1 unspecified atom stereocenters. The molecule has 0 heterocycles. The smallest absolute Gasteiger partial charge is 0.207 e. The van der Waals surface area contributed by atoms with Gasteiger partial charge in [-0.2, -0.15) is 0 Å². The molecule has 0 nitrogen and oxygen atoms in total. The lowest BCUT2D eigenvalue weighted by Gasteiger charge is -2.17. The van der Waals surface area contributed by atoms with E-state index >= 15 is 0 Å². The Morgan fingerprint density at radius 3 is 2.27 bits per heavy atom. The molecular weight excluding hydrogens is 214 g/mol. The van der Waals surface area contributed by atoms with Crippen LogP contribution in [0.15, 0.2) is 0 Å². The van der Waals surface area contributed by atoms with E-state index in [1.165, 1.54) is 0 Å². The molecule has 3 heteroatoms. The summed E-state index contributed by atoms with van der Waals surface area (Å²) in [6, 6.07) is 0. The Labute approximate surface area is 75.5 Å². The lowest BCUT2D eigenvalue weighted by molar-refractivity contribution is -0.00154. The second kappa shape index (κ2) is 5.07. The number of hydrogen-bond acceptors (Lipinski definition) is 0. The maximum absolute atomic E-state index is 12.5. The molecule has 0 bridgehead atoms. The normalized spacial score (nSPS) is 15.0. The van der Waals surface area contributed by atoms with Gasteiger partial charge in [-0.3, -0.25) is 0 Å². The van der Waals surface area contributed by atoms with Gasteiger partial charge in [0, 0.05) is 11.8 Å². The molecule has 0 saturated heterocycles. The minimum Gasteiger partial charge on any atom is -0.207 e. The largest absolute Gasteiger partial charge is 0.245 e. The zero-order valence-corrected chi connectivity index (χ0v) is 8.63. The maximum atomic E-state index is 12.5. The molecule has 0 saturated carbocycles. The standard InChI is InChI=1S/C8H15BrF2/c1-3-4-7(6-9)5-8(2,10)11/h7H,3-6H2,1-2H3. The minimum atomic E-state index is -2.51. The van der Waals surface area contributed by atoms with Crippen LogP contribution in [0.25, 0.3) is 0 Å². The van der Waals surface area contributed by atoms with Gasteiger partial charge in [-0.1, -0.05) is 29.3 Å². The molecule has 0 amide bonds. The molecule has 0 aromatic rings. The molecule has 11 heavy (non-hydrogen) atoms. The summed E-state index contributed by atoms with van der Waals surface area (Å²) in [5.41, 5.74) is 0. The van der Waals surface area contributed by atoms with Gasteiger partial charge in [-0.15, -0.1) is 0 Å². The van der Waals surface area contributed by atoms with Crippen LogP contribution in [0.2, 0.25) is 0 Å². The fourth-order valence-electron chi connectivity index (χ4n) is 1.15. The highest BCUT2D eigenvalue weighted by atomic mass is 79.9. The van der Waals surface area contributed by atoms with Gasteiger partial charge in [0.1, 0.15) is 0 Å². The van der Waals surface area contributed by atoms with Gasteiger partial charge >= 0.3 is 0 Å². The van der Waals surface area contributed by atoms with Crippen LogP contribution in [-0.4, -0.2) is 11.3 Å². The van der Waals surface area contributed by atoms with E-state index in [-0.39, 0.29) is 12.3 Å². The second-order valence-corrected chi connectivity index (χ2v) is 3.73. The monoisotopic (exact) mass is 228 g/mol. The zero-order valence-electron chi connectivity index (χ0n) is 7.04. The van der Waals surface area contributed by atoms with Crippen molar-refractivity contribution in [3.05, 3.63) is 0 Å². The highest BCUT2D eigenvalue weighted by Gasteiger charge is 2.25. The van der Waals surface area contributed by atoms with Crippen molar-refractivity contribution in [2.24, 2.45) is 5.92 Å². The van der Waals surface area contributed by atoms with E-state index in [1.807, 2.05) is 6.92 Å². The van der Waals surface area contributed by atoms with E-state index in [4.69, 9.17) is 0 Å². The van der Waals surface area contributed by atoms with Crippen molar-refractivity contribution in [1.29, 1.82) is 0 Å². The molecule has 0 aliphatic carbocycles. The van der Waals surface area contributed by atoms with Crippen molar-refractivity contribution >= 4 is 15.9 Å². The number of halogens is 3. The highest BCUT2D eigenvalue weighted by Crippen LogP contribution is 2.26. The third-order valence-corrected chi connectivity index (χ3v) is 2.48. The second-order valence-electron chi connectivity index (χ2n) is 3.08. The van der Waals surface area contributed by atoms with Crippen LogP contribution in [0.1, 0.15) is 33.1 Å². The Kier molecular flexibility index (Phi) is 5.23. The SMILES string of the molecule is CCCC(CBr)CC(C)(F)F. The van der Waals surface area contributed by atoms with Gasteiger partial charge in [-0.05, 0) is 19.3 Å². The van der Waals surface area contributed by atoms with Crippen LogP contribution in [0.5, 0.6) is 0 Å². The Morgan fingerprint density at radius 1 is 1.45 bits per heavy atom. The van der Waals surface area contributed by atoms with Crippen LogP contribution in [0, 0.1) is 5.92 Å². The van der Waals surface area contributed by atoms with Crippen molar-refractivity contribution < 1.29 is 8.78 Å². The van der Waals surface area contributed by atoms with E-state index in [0.717, 1.165) is 19.8 Å². The van der Waals surface area contributed by atoms with E-state index in [0.29, 0.717) is 5.33 Å². The molecule has 1 atom stereocenters. The molecule has 0 aromatic heterocycles. The highest BCUT2D eigenvalue weighted by molar-refractivity contribution is 9.09. The molecule has 0 fully saturated rings. The van der Waals surface area contributed by atoms with Crippen LogP contribution >= 0.6 is 15.9 Å². The first-order valence-corrected chi connectivity index (χ1v) is 5.05. The number of rotatable bonds is 5. The van der Waals surface area contributed by atoms with Gasteiger partial charge in [0.25, 0.3) is 0 Å². The summed E-state index contributed by atoms with van der Waals surface area (Å²) >= 11 is 3.24. The minimum absolute atomic E-state index is 0.00604. The van der Waals surface area contributed by atoms with Crippen molar-refractivity contribution in [2.75, 3.05) is 5.33 Å². The average Bonchev–Trinajstić information content (AvgIpc) is 1.84. The van der Waals surface area contributed by atoms with E-state index in [1.54, 1.807) is 0 Å². The van der Waals surface area contributed by atoms with Crippen LogP contribution in [-0.2, 0) is 0 Å². The van der Waals surface area contributed by atoms with Crippen molar-refractivity contribution in [3.8, 4) is 0 Å². The molecule has 0 spiro atoms. The quantitative estimate of drug-likeness (QED) is 0.628. The van der Waals surface area contributed by atoms with Crippen LogP contribution < -0.4 is 0 Å². The van der Waals surface area contributed by atoms with E-state index in [9.17, 15) is 8.78 Å². The molecule has 0 aliphatic heterocycles. The summed E-state index contributed by atoms with van der Waals surface area (Å²) < 4.78 is 24.9. The Hall–Kier alpha value is 0.340. The van der Waals surface area contributed by atoms with Gasteiger partial charge in [0.2, 0.25) is 5.92 Å². The summed E-state index contributed by atoms with van der Waals surface area (Å²) in [6.07, 6.45) is 1.87. The lowest BCUT2D eigenvalue weighted by atomic mass is 9.99. The van der Waals surface area contributed by atoms with Gasteiger partial charge < -0.3 is 0 Å². The maximum Gasteiger partial charge on any atom is 0.245 e. The summed E-state index contributed by atoms with van der Waals surface area (Å²) in [5, 5.41) is 0.685. The van der Waals surface area contributed by atoms with Crippen molar-refractivity contribution in [2.45, 2.75) is 39.0 Å². The van der Waals surface area contributed by atoms with Gasteiger partial charge in [-0.25, -0.2) is 8.78 Å². The van der Waals surface area contributed by atoms with Gasteiger partial charge in [0.05, 0.1) is 0 Å². The summed E-state index contributed by atoms with van der Waals surface area (Å²) in [4.78, 5) is 0. The molecular formula is C8H15BrF2. The predicted octanol–water partition coefficient (Wildman–Crippen LogP) is 3.84. The van der Waals surface area contributed by atoms with E-state index in [2.05, 4.69) is 15.9 Å². The van der Waals surface area contributed by atoms with Crippen molar-refractivity contribution in [3.63, 3.8) is 0 Å². The Bertz CT molecular complexity index is 98.8. The topological polar surface area (TPSA) is 0 Å². The van der Waals surface area contributed by atoms with E-state index < -0.39 is 5.92 Å². The Morgan fingerprint density at radius 2 is 2.00 bits per heavy atom. The fourth-order valence-corrected chi connectivity index (χ4v) is 1.70. The molecule has 0 aliphatic rings. The first-order valence-electron chi connectivity index (χ1n) is 3.93. The summed E-state index contributed by atoms with van der Waals surface area (Å²) in [5.74, 6) is -2.38. The molecule has 0 radical (unpaired) electrons.